The third-order valence-electron chi connectivity index (χ3n) is 1.57. The fraction of sp³-hybridized carbons (Fsp3) is 0.857. The van der Waals surface area contributed by atoms with Crippen LogP contribution < -0.4 is 0 Å². The standard InChI is InChI=1S/C7H13NO3/c1-6(9)4-8-2-3-11-5-7(8)10/h6,9H,2-5H2,1H3/t6-/m0/s1. The van der Waals surface area contributed by atoms with Gasteiger partial charge in [-0.25, -0.2) is 0 Å². The lowest BCUT2D eigenvalue weighted by Crippen LogP contribution is -2.44. The molecule has 0 aromatic heterocycles. The van der Waals surface area contributed by atoms with E-state index in [0.29, 0.717) is 19.7 Å². The van der Waals surface area contributed by atoms with Gasteiger partial charge in [0.1, 0.15) is 6.61 Å². The summed E-state index contributed by atoms with van der Waals surface area (Å²) in [5, 5.41) is 8.99. The van der Waals surface area contributed by atoms with E-state index in [4.69, 9.17) is 9.84 Å². The molecule has 0 aromatic rings. The van der Waals surface area contributed by atoms with E-state index in [9.17, 15) is 4.79 Å². The number of morpholine rings is 1. The first kappa shape index (κ1) is 8.49. The van der Waals surface area contributed by atoms with Crippen LogP contribution >= 0.6 is 0 Å². The number of carbonyl (C=O) groups is 1. The highest BCUT2D eigenvalue weighted by atomic mass is 16.5. The van der Waals surface area contributed by atoms with Gasteiger partial charge in [0.2, 0.25) is 5.91 Å². The van der Waals surface area contributed by atoms with Crippen LogP contribution in [0.1, 0.15) is 6.92 Å². The van der Waals surface area contributed by atoms with Crippen LogP contribution in [-0.4, -0.2) is 48.3 Å². The third-order valence-corrected chi connectivity index (χ3v) is 1.57. The van der Waals surface area contributed by atoms with Crippen LogP contribution in [-0.2, 0) is 9.53 Å². The number of ether oxygens (including phenoxy) is 1. The number of carbonyl (C=O) groups excluding carboxylic acids is 1. The second-order valence-electron chi connectivity index (χ2n) is 2.74. The lowest BCUT2D eigenvalue weighted by atomic mass is 10.3. The number of hydrogen-bond acceptors (Lipinski definition) is 3. The van der Waals surface area contributed by atoms with Crippen LogP contribution in [0.2, 0.25) is 0 Å². The lowest BCUT2D eigenvalue weighted by molar-refractivity contribution is -0.144. The monoisotopic (exact) mass is 159 g/mol. The van der Waals surface area contributed by atoms with Crippen molar-refractivity contribution in [2.75, 3.05) is 26.3 Å². The van der Waals surface area contributed by atoms with Crippen molar-refractivity contribution in [3.05, 3.63) is 0 Å². The van der Waals surface area contributed by atoms with Crippen molar-refractivity contribution in [1.29, 1.82) is 0 Å². The van der Waals surface area contributed by atoms with Crippen molar-refractivity contribution in [3.63, 3.8) is 0 Å². The number of aliphatic hydroxyl groups is 1. The molecule has 64 valence electrons. The van der Waals surface area contributed by atoms with Crippen LogP contribution in [0.3, 0.4) is 0 Å². The molecule has 0 saturated carbocycles. The minimum Gasteiger partial charge on any atom is -0.392 e. The number of hydrogen-bond donors (Lipinski definition) is 1. The van der Waals surface area contributed by atoms with E-state index in [0.717, 1.165) is 0 Å². The summed E-state index contributed by atoms with van der Waals surface area (Å²) in [6.45, 7) is 3.43. The van der Waals surface area contributed by atoms with Gasteiger partial charge in [0.25, 0.3) is 0 Å². The minimum absolute atomic E-state index is 0.0304. The molecule has 4 heteroatoms. The minimum atomic E-state index is -0.447. The Balaban J connectivity index is 2.36. The van der Waals surface area contributed by atoms with Crippen LogP contribution in [0.25, 0.3) is 0 Å². The van der Waals surface area contributed by atoms with Gasteiger partial charge in [-0.3, -0.25) is 4.79 Å². The summed E-state index contributed by atoms with van der Waals surface area (Å²) in [4.78, 5) is 12.6. The Morgan fingerprint density at radius 3 is 3.09 bits per heavy atom. The highest BCUT2D eigenvalue weighted by molar-refractivity contribution is 5.77. The number of amides is 1. The van der Waals surface area contributed by atoms with Crippen LogP contribution in [0.5, 0.6) is 0 Å². The molecule has 4 nitrogen and oxygen atoms in total. The highest BCUT2D eigenvalue weighted by Crippen LogP contribution is 1.99. The normalized spacial score (nSPS) is 22.0. The molecule has 11 heavy (non-hydrogen) atoms. The molecule has 0 bridgehead atoms. The van der Waals surface area contributed by atoms with Gasteiger partial charge in [-0.2, -0.15) is 0 Å². The number of nitrogens with zero attached hydrogens (tertiary/aromatic N) is 1. The number of β-amino-alcohol motifs (C(OH)–C–C–N with tert-alkyl or cyclic N) is 1. The molecule has 0 aliphatic carbocycles. The molecule has 1 atom stereocenters. The van der Waals surface area contributed by atoms with Gasteiger partial charge in [-0.1, -0.05) is 0 Å². The Labute approximate surface area is 65.8 Å². The zero-order valence-corrected chi connectivity index (χ0v) is 6.62. The highest BCUT2D eigenvalue weighted by Gasteiger charge is 2.19. The van der Waals surface area contributed by atoms with E-state index >= 15 is 0 Å². The molecule has 1 fully saturated rings. The number of aliphatic hydroxyl groups excluding tert-OH is 1. The Hall–Kier alpha value is -0.610. The second kappa shape index (κ2) is 3.69. The molecule has 1 heterocycles. The van der Waals surface area contributed by atoms with E-state index in [1.807, 2.05) is 0 Å². The summed E-state index contributed by atoms with van der Waals surface area (Å²) in [6.07, 6.45) is -0.447. The van der Waals surface area contributed by atoms with Gasteiger partial charge < -0.3 is 14.7 Å². The van der Waals surface area contributed by atoms with Gasteiger partial charge in [-0.15, -0.1) is 0 Å². The fourth-order valence-electron chi connectivity index (χ4n) is 1.06. The second-order valence-corrected chi connectivity index (χ2v) is 2.74. The maximum Gasteiger partial charge on any atom is 0.248 e. The van der Waals surface area contributed by atoms with Crippen molar-refractivity contribution < 1.29 is 14.6 Å². The van der Waals surface area contributed by atoms with Crippen molar-refractivity contribution >= 4 is 5.91 Å². The Morgan fingerprint density at radius 1 is 1.82 bits per heavy atom. The summed E-state index contributed by atoms with van der Waals surface area (Å²) >= 11 is 0. The van der Waals surface area contributed by atoms with E-state index in [1.54, 1.807) is 11.8 Å². The van der Waals surface area contributed by atoms with E-state index in [-0.39, 0.29) is 12.5 Å². The molecular formula is C7H13NO3. The Bertz CT molecular complexity index is 147. The predicted molar refractivity (Wildman–Crippen MR) is 39.1 cm³/mol. The molecule has 0 unspecified atom stereocenters. The first-order valence-corrected chi connectivity index (χ1v) is 3.73. The van der Waals surface area contributed by atoms with Gasteiger partial charge >= 0.3 is 0 Å². The summed E-state index contributed by atoms with van der Waals surface area (Å²) < 4.78 is 4.92. The van der Waals surface area contributed by atoms with E-state index in [2.05, 4.69) is 0 Å². The average Bonchev–Trinajstić information content (AvgIpc) is 1.93. The summed E-state index contributed by atoms with van der Waals surface area (Å²) in [5.41, 5.74) is 0. The van der Waals surface area contributed by atoms with Crippen LogP contribution in [0.15, 0.2) is 0 Å². The molecule has 1 saturated heterocycles. The van der Waals surface area contributed by atoms with Gasteiger partial charge in [0.15, 0.2) is 0 Å². The smallest absolute Gasteiger partial charge is 0.248 e. The molecule has 1 amide bonds. The average molecular weight is 159 g/mol. The predicted octanol–water partition coefficient (Wildman–Crippen LogP) is -0.774. The van der Waals surface area contributed by atoms with Crippen molar-refractivity contribution in [2.24, 2.45) is 0 Å². The summed E-state index contributed by atoms with van der Waals surface area (Å²) in [6, 6.07) is 0. The zero-order chi connectivity index (χ0) is 8.27. The first-order chi connectivity index (χ1) is 5.20. The lowest BCUT2D eigenvalue weighted by Gasteiger charge is -2.27. The molecule has 0 radical (unpaired) electrons. The Morgan fingerprint density at radius 2 is 2.55 bits per heavy atom. The first-order valence-electron chi connectivity index (χ1n) is 3.73. The molecular weight excluding hydrogens is 146 g/mol. The van der Waals surface area contributed by atoms with Gasteiger partial charge in [-0.05, 0) is 6.92 Å². The zero-order valence-electron chi connectivity index (χ0n) is 6.62. The van der Waals surface area contributed by atoms with Crippen LogP contribution in [0.4, 0.5) is 0 Å². The third kappa shape index (κ3) is 2.48. The van der Waals surface area contributed by atoms with Crippen molar-refractivity contribution in [1.82, 2.24) is 4.90 Å². The maximum absolute atomic E-state index is 11.0. The SMILES string of the molecule is C[C@H](O)CN1CCOCC1=O. The number of rotatable bonds is 2. The van der Waals surface area contributed by atoms with E-state index < -0.39 is 6.10 Å². The Kier molecular flexibility index (Phi) is 2.84. The van der Waals surface area contributed by atoms with Crippen molar-refractivity contribution in [3.8, 4) is 0 Å². The molecule has 1 aliphatic rings. The van der Waals surface area contributed by atoms with E-state index in [1.165, 1.54) is 0 Å². The molecule has 0 aromatic carbocycles. The molecule has 1 N–H and O–H groups in total. The van der Waals surface area contributed by atoms with Gasteiger partial charge in [0, 0.05) is 13.1 Å². The molecule has 0 spiro atoms. The molecule has 1 aliphatic heterocycles. The van der Waals surface area contributed by atoms with Crippen molar-refractivity contribution in [2.45, 2.75) is 13.0 Å². The quantitative estimate of drug-likeness (QED) is 0.575. The fourth-order valence-corrected chi connectivity index (χ4v) is 1.06. The largest absolute Gasteiger partial charge is 0.392 e. The maximum atomic E-state index is 11.0. The summed E-state index contributed by atoms with van der Waals surface area (Å²) in [7, 11) is 0. The van der Waals surface area contributed by atoms with Crippen LogP contribution in [0, 0.1) is 0 Å². The molecule has 1 rings (SSSR count). The topological polar surface area (TPSA) is 49.8 Å². The summed E-state index contributed by atoms with van der Waals surface area (Å²) in [5.74, 6) is -0.0304. The van der Waals surface area contributed by atoms with Gasteiger partial charge in [0.05, 0.1) is 12.7 Å².